The van der Waals surface area contributed by atoms with Gasteiger partial charge in [0.15, 0.2) is 0 Å². The lowest BCUT2D eigenvalue weighted by Crippen LogP contribution is -2.48. The molecule has 0 unspecified atom stereocenters. The topological polar surface area (TPSA) is 96.8 Å². The number of hydrogen-bond donors (Lipinski definition) is 1. The van der Waals surface area contributed by atoms with Gasteiger partial charge in [-0.3, -0.25) is 24.0 Å². The van der Waals surface area contributed by atoms with Gasteiger partial charge in [-0.25, -0.2) is 0 Å². The van der Waals surface area contributed by atoms with Crippen molar-refractivity contribution in [3.05, 3.63) is 46.8 Å². The zero-order chi connectivity index (χ0) is 26.3. The molecule has 2 aromatic rings. The third-order valence-electron chi connectivity index (χ3n) is 7.82. The minimum atomic E-state index is -0.372. The minimum Gasteiger partial charge on any atom is -0.375 e. The van der Waals surface area contributed by atoms with Crippen molar-refractivity contribution in [2.45, 2.75) is 71.6 Å². The quantitative estimate of drug-likeness (QED) is 0.604. The van der Waals surface area contributed by atoms with Crippen LogP contribution >= 0.6 is 0 Å². The molecule has 198 valence electrons. The first-order valence-electron chi connectivity index (χ1n) is 13.3. The molecule has 9 nitrogen and oxygen atoms in total. The van der Waals surface area contributed by atoms with Crippen LogP contribution in [0.5, 0.6) is 0 Å². The maximum absolute atomic E-state index is 13.7. The van der Waals surface area contributed by atoms with Crippen molar-refractivity contribution in [1.29, 1.82) is 0 Å². The van der Waals surface area contributed by atoms with E-state index in [2.05, 4.69) is 15.3 Å². The van der Waals surface area contributed by atoms with Crippen molar-refractivity contribution < 1.29 is 19.1 Å². The van der Waals surface area contributed by atoms with Crippen molar-refractivity contribution in [3.63, 3.8) is 0 Å². The Bertz CT molecular complexity index is 1220. The van der Waals surface area contributed by atoms with Crippen LogP contribution in [-0.4, -0.2) is 70.3 Å². The number of hydrogen-bond acceptors (Lipinski definition) is 6. The Labute approximate surface area is 218 Å². The lowest BCUT2D eigenvalue weighted by Gasteiger charge is -2.39. The van der Waals surface area contributed by atoms with Crippen LogP contribution in [0.15, 0.2) is 24.3 Å². The second-order valence-corrected chi connectivity index (χ2v) is 11.2. The highest BCUT2D eigenvalue weighted by molar-refractivity contribution is 6.24. The molecule has 0 spiro atoms. The Balaban J connectivity index is 1.28. The molecule has 3 amide bonds. The van der Waals surface area contributed by atoms with Gasteiger partial charge in [-0.05, 0) is 71.6 Å². The fraction of sp³-hybridized carbons (Fsp3) is 0.571. The van der Waals surface area contributed by atoms with E-state index in [1.807, 2.05) is 50.6 Å². The molecule has 0 bridgehead atoms. The fourth-order valence-electron chi connectivity index (χ4n) is 6.04. The molecular formula is C28H37N5O4. The monoisotopic (exact) mass is 507 g/mol. The summed E-state index contributed by atoms with van der Waals surface area (Å²) in [6.45, 7) is 10.9. The minimum absolute atomic E-state index is 0.0206. The molecule has 0 saturated carbocycles. The molecule has 37 heavy (non-hydrogen) atoms. The second kappa shape index (κ2) is 9.93. The van der Waals surface area contributed by atoms with Gasteiger partial charge in [-0.15, -0.1) is 0 Å². The van der Waals surface area contributed by atoms with E-state index in [1.54, 1.807) is 6.07 Å². The summed E-state index contributed by atoms with van der Waals surface area (Å²) >= 11 is 0. The van der Waals surface area contributed by atoms with E-state index in [0.717, 1.165) is 36.5 Å². The van der Waals surface area contributed by atoms with Crippen LogP contribution in [0.2, 0.25) is 0 Å². The van der Waals surface area contributed by atoms with Crippen molar-refractivity contribution in [2.24, 2.45) is 5.92 Å². The summed E-state index contributed by atoms with van der Waals surface area (Å²) in [5.41, 5.74) is 3.36. The van der Waals surface area contributed by atoms with Gasteiger partial charge >= 0.3 is 0 Å². The number of rotatable bonds is 6. The number of carbonyl (C=O) groups excluding carboxylic acids is 3. The Morgan fingerprint density at radius 2 is 2.00 bits per heavy atom. The lowest BCUT2D eigenvalue weighted by molar-refractivity contribution is -0.125. The van der Waals surface area contributed by atoms with Gasteiger partial charge in [-0.2, -0.15) is 5.10 Å². The predicted octanol–water partition coefficient (Wildman–Crippen LogP) is 3.09. The van der Waals surface area contributed by atoms with E-state index in [0.29, 0.717) is 50.2 Å². The molecule has 0 aliphatic carbocycles. The molecule has 2 fully saturated rings. The number of carbonyl (C=O) groups is 3. The number of imide groups is 1. The van der Waals surface area contributed by atoms with E-state index >= 15 is 0 Å². The maximum Gasteiger partial charge on any atom is 0.263 e. The van der Waals surface area contributed by atoms with Crippen LogP contribution in [0.3, 0.4) is 0 Å². The number of aryl methyl sites for hydroxylation is 2. The molecule has 5 rings (SSSR count). The molecule has 4 heterocycles. The van der Waals surface area contributed by atoms with E-state index in [4.69, 9.17) is 4.74 Å². The number of nitrogens with zero attached hydrogens (tertiary/aromatic N) is 4. The van der Waals surface area contributed by atoms with Gasteiger partial charge < -0.3 is 15.0 Å². The highest BCUT2D eigenvalue weighted by atomic mass is 16.5. The van der Waals surface area contributed by atoms with E-state index in [1.165, 1.54) is 4.90 Å². The first-order valence-corrected chi connectivity index (χ1v) is 13.3. The van der Waals surface area contributed by atoms with Gasteiger partial charge in [0.1, 0.15) is 0 Å². The Morgan fingerprint density at radius 1 is 1.19 bits per heavy atom. The average molecular weight is 508 g/mol. The highest BCUT2D eigenvalue weighted by Crippen LogP contribution is 2.38. The summed E-state index contributed by atoms with van der Waals surface area (Å²) in [6, 6.07) is 7.34. The standard InChI is InChI=1S/C28H37N5O4/c1-18-15-19(2)32(30-18)13-11-29-25(34)20-7-6-12-31(17-20)23-9-5-8-22-24(23)27(36)33(26(22)35)21-10-14-37-28(3,4)16-21/h5,8-9,15,20-21H,6-7,10-14,16-17H2,1-4H3,(H,29,34)/t20-,21-/m0/s1. The number of benzene rings is 1. The first kappa shape index (κ1) is 25.4. The summed E-state index contributed by atoms with van der Waals surface area (Å²) in [7, 11) is 0. The molecule has 3 aliphatic heterocycles. The zero-order valence-electron chi connectivity index (χ0n) is 22.2. The number of aromatic nitrogens is 2. The Hall–Kier alpha value is -3.20. The molecule has 0 radical (unpaired) electrons. The van der Waals surface area contributed by atoms with E-state index in [-0.39, 0.29) is 35.3 Å². The SMILES string of the molecule is Cc1cc(C)n(CCNC(=O)[C@H]2CCCN(c3cccc4c3C(=O)N([C@H]3CCOC(C)(C)C3)C4=O)C2)n1. The lowest BCUT2D eigenvalue weighted by atomic mass is 9.93. The molecule has 9 heteroatoms. The number of anilines is 1. The van der Waals surface area contributed by atoms with Crippen LogP contribution in [0.1, 0.15) is 71.6 Å². The van der Waals surface area contributed by atoms with Gasteiger partial charge in [-0.1, -0.05) is 6.07 Å². The number of piperidine rings is 1. The van der Waals surface area contributed by atoms with Gasteiger partial charge in [0.25, 0.3) is 11.8 Å². The molecule has 1 aromatic carbocycles. The summed E-state index contributed by atoms with van der Waals surface area (Å²) in [5, 5.41) is 7.52. The van der Waals surface area contributed by atoms with Crippen LogP contribution < -0.4 is 10.2 Å². The zero-order valence-corrected chi connectivity index (χ0v) is 22.2. The molecule has 3 aliphatic rings. The van der Waals surface area contributed by atoms with Crippen molar-refractivity contribution in [1.82, 2.24) is 20.0 Å². The summed E-state index contributed by atoms with van der Waals surface area (Å²) in [4.78, 5) is 43.6. The molecule has 2 saturated heterocycles. The summed E-state index contributed by atoms with van der Waals surface area (Å²) < 4.78 is 7.72. The third-order valence-corrected chi connectivity index (χ3v) is 7.82. The van der Waals surface area contributed by atoms with Crippen molar-refractivity contribution >= 4 is 23.4 Å². The highest BCUT2D eigenvalue weighted by Gasteiger charge is 2.45. The Morgan fingerprint density at radius 3 is 2.73 bits per heavy atom. The van der Waals surface area contributed by atoms with Crippen molar-refractivity contribution in [2.75, 3.05) is 31.1 Å². The average Bonchev–Trinajstić information content (AvgIpc) is 3.32. The summed E-state index contributed by atoms with van der Waals surface area (Å²) in [6.07, 6.45) is 2.91. The first-order chi connectivity index (χ1) is 17.6. The number of amides is 3. The van der Waals surface area contributed by atoms with Crippen LogP contribution in [-0.2, 0) is 16.1 Å². The number of fused-ring (bicyclic) bond motifs is 1. The predicted molar refractivity (Wildman–Crippen MR) is 140 cm³/mol. The van der Waals surface area contributed by atoms with Crippen LogP contribution in [0, 0.1) is 19.8 Å². The fourth-order valence-corrected chi connectivity index (χ4v) is 6.04. The second-order valence-electron chi connectivity index (χ2n) is 11.2. The Kier molecular flexibility index (Phi) is 6.83. The van der Waals surface area contributed by atoms with Gasteiger partial charge in [0, 0.05) is 38.0 Å². The number of nitrogens with one attached hydrogen (secondary N) is 1. The van der Waals surface area contributed by atoms with Gasteiger partial charge in [0.05, 0.1) is 40.6 Å². The molecule has 2 atom stereocenters. The largest absolute Gasteiger partial charge is 0.375 e. The van der Waals surface area contributed by atoms with E-state index < -0.39 is 0 Å². The smallest absolute Gasteiger partial charge is 0.263 e. The summed E-state index contributed by atoms with van der Waals surface area (Å²) in [5.74, 6) is -0.605. The normalized spacial score (nSPS) is 23.4. The van der Waals surface area contributed by atoms with Crippen LogP contribution in [0.4, 0.5) is 5.69 Å². The number of ether oxygens (including phenoxy) is 1. The molecule has 1 aromatic heterocycles. The third kappa shape index (κ3) is 5.01. The molecule has 1 N–H and O–H groups in total. The van der Waals surface area contributed by atoms with Gasteiger partial charge in [0.2, 0.25) is 5.91 Å². The van der Waals surface area contributed by atoms with Crippen molar-refractivity contribution in [3.8, 4) is 0 Å². The maximum atomic E-state index is 13.7. The molecular weight excluding hydrogens is 470 g/mol. The van der Waals surface area contributed by atoms with Crippen LogP contribution in [0.25, 0.3) is 0 Å². The van der Waals surface area contributed by atoms with E-state index in [9.17, 15) is 14.4 Å².